The number of ether oxygens (including phenoxy) is 1. The van der Waals surface area contributed by atoms with Crippen molar-refractivity contribution in [1.82, 2.24) is 0 Å². The Hall–Kier alpha value is -0.980. The van der Waals surface area contributed by atoms with Gasteiger partial charge in [-0.15, -0.1) is 0 Å². The molecule has 1 aliphatic heterocycles. The van der Waals surface area contributed by atoms with Gasteiger partial charge < -0.3 is 4.74 Å². The molecule has 1 saturated carbocycles. The molecule has 1 aliphatic carbocycles. The molecule has 0 saturated heterocycles. The van der Waals surface area contributed by atoms with Crippen molar-refractivity contribution in [3.8, 4) is 5.75 Å². The first-order valence-corrected chi connectivity index (χ1v) is 5.90. The standard InChI is InChI=1S/C14H18O/c1-9-4-5-12-10(2)8-14(6-7-14)15-13(12)11(9)3/h4-5,10H,6-8H2,1-3H3. The van der Waals surface area contributed by atoms with Gasteiger partial charge in [0.15, 0.2) is 0 Å². The van der Waals surface area contributed by atoms with Gasteiger partial charge in [0.25, 0.3) is 0 Å². The fourth-order valence-corrected chi connectivity index (χ4v) is 2.71. The van der Waals surface area contributed by atoms with E-state index >= 15 is 0 Å². The van der Waals surface area contributed by atoms with Crippen LogP contribution in [-0.4, -0.2) is 5.60 Å². The van der Waals surface area contributed by atoms with Gasteiger partial charge in [0.2, 0.25) is 0 Å². The molecular weight excluding hydrogens is 184 g/mol. The number of aryl methyl sites for hydroxylation is 1. The van der Waals surface area contributed by atoms with Gasteiger partial charge >= 0.3 is 0 Å². The summed E-state index contributed by atoms with van der Waals surface area (Å²) < 4.78 is 6.21. The third-order valence-corrected chi connectivity index (χ3v) is 4.04. The van der Waals surface area contributed by atoms with Crippen LogP contribution in [0.5, 0.6) is 5.75 Å². The molecule has 1 aromatic rings. The molecule has 1 fully saturated rings. The van der Waals surface area contributed by atoms with E-state index < -0.39 is 0 Å². The van der Waals surface area contributed by atoms with E-state index in [-0.39, 0.29) is 5.60 Å². The molecule has 3 rings (SSSR count). The quantitative estimate of drug-likeness (QED) is 0.623. The second kappa shape index (κ2) is 2.78. The molecule has 1 heteroatoms. The van der Waals surface area contributed by atoms with Crippen LogP contribution < -0.4 is 4.74 Å². The minimum absolute atomic E-state index is 0.227. The fraction of sp³-hybridized carbons (Fsp3) is 0.571. The third kappa shape index (κ3) is 1.29. The monoisotopic (exact) mass is 202 g/mol. The summed E-state index contributed by atoms with van der Waals surface area (Å²) in [5.41, 5.74) is 4.32. The van der Waals surface area contributed by atoms with E-state index in [1.807, 2.05) is 0 Å². The Morgan fingerprint density at radius 3 is 2.67 bits per heavy atom. The Kier molecular flexibility index (Phi) is 1.72. The average molecular weight is 202 g/mol. The highest BCUT2D eigenvalue weighted by atomic mass is 16.5. The number of benzene rings is 1. The topological polar surface area (TPSA) is 9.23 Å². The maximum atomic E-state index is 6.21. The van der Waals surface area contributed by atoms with Crippen molar-refractivity contribution >= 4 is 0 Å². The Balaban J connectivity index is 2.13. The second-order valence-corrected chi connectivity index (χ2v) is 5.32. The van der Waals surface area contributed by atoms with Gasteiger partial charge in [0.05, 0.1) is 0 Å². The van der Waals surface area contributed by atoms with E-state index in [9.17, 15) is 0 Å². The minimum Gasteiger partial charge on any atom is -0.487 e. The van der Waals surface area contributed by atoms with E-state index in [0.29, 0.717) is 5.92 Å². The summed E-state index contributed by atoms with van der Waals surface area (Å²) in [6, 6.07) is 4.47. The van der Waals surface area contributed by atoms with Gasteiger partial charge in [0.1, 0.15) is 11.4 Å². The predicted molar refractivity (Wildman–Crippen MR) is 61.5 cm³/mol. The summed E-state index contributed by atoms with van der Waals surface area (Å²) in [6.45, 7) is 6.68. The zero-order valence-corrected chi connectivity index (χ0v) is 9.76. The maximum Gasteiger partial charge on any atom is 0.126 e. The Morgan fingerprint density at radius 1 is 1.27 bits per heavy atom. The summed E-state index contributed by atoms with van der Waals surface area (Å²) in [4.78, 5) is 0. The first-order chi connectivity index (χ1) is 7.11. The molecule has 1 atom stereocenters. The summed E-state index contributed by atoms with van der Waals surface area (Å²) >= 11 is 0. The number of hydrogen-bond acceptors (Lipinski definition) is 1. The molecule has 80 valence electrons. The van der Waals surface area contributed by atoms with Crippen molar-refractivity contribution in [3.05, 3.63) is 28.8 Å². The molecule has 0 N–H and O–H groups in total. The van der Waals surface area contributed by atoms with Crippen molar-refractivity contribution in [2.24, 2.45) is 0 Å². The summed E-state index contributed by atoms with van der Waals surface area (Å²) in [6.07, 6.45) is 3.72. The van der Waals surface area contributed by atoms with Crippen LogP contribution in [0, 0.1) is 13.8 Å². The predicted octanol–water partition coefficient (Wildman–Crippen LogP) is 3.72. The molecule has 0 amide bonds. The van der Waals surface area contributed by atoms with Crippen LogP contribution in [0.3, 0.4) is 0 Å². The SMILES string of the molecule is Cc1ccc2c(c1C)OC1(CC1)CC2C. The molecule has 15 heavy (non-hydrogen) atoms. The molecule has 2 aliphatic rings. The smallest absolute Gasteiger partial charge is 0.126 e. The lowest BCUT2D eigenvalue weighted by molar-refractivity contribution is 0.137. The van der Waals surface area contributed by atoms with Crippen molar-refractivity contribution in [1.29, 1.82) is 0 Å². The van der Waals surface area contributed by atoms with Crippen LogP contribution in [0.2, 0.25) is 0 Å². The number of hydrogen-bond donors (Lipinski definition) is 0. The maximum absolute atomic E-state index is 6.21. The lowest BCUT2D eigenvalue weighted by Gasteiger charge is -2.32. The van der Waals surface area contributed by atoms with Gasteiger partial charge in [-0.05, 0) is 55.7 Å². The van der Waals surface area contributed by atoms with E-state index in [1.165, 1.54) is 41.7 Å². The van der Waals surface area contributed by atoms with E-state index in [4.69, 9.17) is 4.74 Å². The number of rotatable bonds is 0. The molecule has 1 unspecified atom stereocenters. The average Bonchev–Trinajstić information content (AvgIpc) is 2.92. The molecule has 1 nitrogen and oxygen atoms in total. The Bertz CT molecular complexity index is 416. The van der Waals surface area contributed by atoms with Crippen molar-refractivity contribution in [2.45, 2.75) is 51.6 Å². The van der Waals surface area contributed by atoms with E-state index in [1.54, 1.807) is 0 Å². The lowest BCUT2D eigenvalue weighted by atomic mass is 9.88. The zero-order chi connectivity index (χ0) is 10.6. The summed E-state index contributed by atoms with van der Waals surface area (Å²) in [5, 5.41) is 0. The highest BCUT2D eigenvalue weighted by Crippen LogP contribution is 2.53. The normalized spacial score (nSPS) is 25.9. The largest absolute Gasteiger partial charge is 0.487 e. The molecule has 1 aromatic carbocycles. The van der Waals surface area contributed by atoms with Gasteiger partial charge in [-0.2, -0.15) is 0 Å². The first kappa shape index (κ1) is 9.26. The van der Waals surface area contributed by atoms with Crippen molar-refractivity contribution < 1.29 is 4.74 Å². The number of fused-ring (bicyclic) bond motifs is 1. The van der Waals surface area contributed by atoms with Crippen LogP contribution in [0.25, 0.3) is 0 Å². The third-order valence-electron chi connectivity index (χ3n) is 4.04. The molecule has 1 heterocycles. The van der Waals surface area contributed by atoms with E-state index in [2.05, 4.69) is 32.9 Å². The fourth-order valence-electron chi connectivity index (χ4n) is 2.71. The summed E-state index contributed by atoms with van der Waals surface area (Å²) in [7, 11) is 0. The van der Waals surface area contributed by atoms with Crippen molar-refractivity contribution in [2.75, 3.05) is 0 Å². The molecule has 0 bridgehead atoms. The highest BCUT2D eigenvalue weighted by Gasteiger charge is 2.49. The zero-order valence-electron chi connectivity index (χ0n) is 9.76. The van der Waals surface area contributed by atoms with Crippen molar-refractivity contribution in [3.63, 3.8) is 0 Å². The molecule has 0 aromatic heterocycles. The highest BCUT2D eigenvalue weighted by molar-refractivity contribution is 5.49. The Morgan fingerprint density at radius 2 is 2.00 bits per heavy atom. The molecule has 1 spiro atoms. The first-order valence-electron chi connectivity index (χ1n) is 5.90. The van der Waals surface area contributed by atoms with Gasteiger partial charge in [0, 0.05) is 0 Å². The van der Waals surface area contributed by atoms with Gasteiger partial charge in [-0.1, -0.05) is 19.1 Å². The second-order valence-electron chi connectivity index (χ2n) is 5.32. The van der Waals surface area contributed by atoms with E-state index in [0.717, 1.165) is 0 Å². The Labute approximate surface area is 91.5 Å². The van der Waals surface area contributed by atoms with Gasteiger partial charge in [-0.3, -0.25) is 0 Å². The van der Waals surface area contributed by atoms with Crippen LogP contribution in [0.4, 0.5) is 0 Å². The summed E-state index contributed by atoms with van der Waals surface area (Å²) in [5.74, 6) is 1.85. The van der Waals surface area contributed by atoms with Crippen LogP contribution in [0.1, 0.15) is 48.8 Å². The lowest BCUT2D eigenvalue weighted by Crippen LogP contribution is -2.27. The minimum atomic E-state index is 0.227. The molecular formula is C14H18O. The van der Waals surface area contributed by atoms with Crippen LogP contribution >= 0.6 is 0 Å². The molecule has 0 radical (unpaired) electrons. The van der Waals surface area contributed by atoms with Crippen LogP contribution in [0.15, 0.2) is 12.1 Å². The van der Waals surface area contributed by atoms with Gasteiger partial charge in [-0.25, -0.2) is 0 Å². The van der Waals surface area contributed by atoms with Crippen LogP contribution in [-0.2, 0) is 0 Å².